The highest BCUT2D eigenvalue weighted by molar-refractivity contribution is 5.95. The van der Waals surface area contributed by atoms with Crippen LogP contribution >= 0.6 is 0 Å². The Morgan fingerprint density at radius 2 is 2.09 bits per heavy atom. The van der Waals surface area contributed by atoms with E-state index in [0.717, 1.165) is 10.9 Å². The molecule has 0 saturated carbocycles. The van der Waals surface area contributed by atoms with Crippen LogP contribution in [0.1, 0.15) is 23.3 Å². The minimum Gasteiger partial charge on any atom is -0.481 e. The number of hydrogen-bond donors (Lipinski definition) is 2. The summed E-state index contributed by atoms with van der Waals surface area (Å²) in [6, 6.07) is 11.0. The van der Waals surface area contributed by atoms with Gasteiger partial charge in [-0.15, -0.1) is 0 Å². The first-order valence-electron chi connectivity index (χ1n) is 7.06. The van der Waals surface area contributed by atoms with Crippen LogP contribution in [-0.2, 0) is 9.53 Å². The van der Waals surface area contributed by atoms with Crippen LogP contribution in [0.4, 0.5) is 0 Å². The maximum Gasteiger partial charge on any atom is 0.305 e. The van der Waals surface area contributed by atoms with Crippen molar-refractivity contribution in [3.8, 4) is 0 Å². The minimum absolute atomic E-state index is 0.160. The van der Waals surface area contributed by atoms with Gasteiger partial charge in [0.1, 0.15) is 5.69 Å². The molecule has 0 aliphatic carbocycles. The zero-order chi connectivity index (χ0) is 15.6. The molecule has 1 fully saturated rings. The molecule has 1 aliphatic heterocycles. The normalized spacial score (nSPS) is 20.9. The van der Waals surface area contributed by atoms with Gasteiger partial charge in [0.2, 0.25) is 0 Å². The summed E-state index contributed by atoms with van der Waals surface area (Å²) in [6.07, 6.45) is 0.324. The molecule has 1 aromatic carbocycles. The van der Waals surface area contributed by atoms with Crippen LogP contribution in [0.2, 0.25) is 0 Å². The van der Waals surface area contributed by atoms with Crippen LogP contribution < -0.4 is 5.32 Å². The number of aromatic nitrogens is 1. The van der Waals surface area contributed by atoms with E-state index in [-0.39, 0.29) is 24.6 Å². The van der Waals surface area contributed by atoms with E-state index in [1.807, 2.05) is 30.3 Å². The topological polar surface area (TPSA) is 88.5 Å². The monoisotopic (exact) mass is 300 g/mol. The number of nitrogens with zero attached hydrogens (tertiary/aromatic N) is 1. The number of fused-ring (bicyclic) bond motifs is 1. The first kappa shape index (κ1) is 14.5. The summed E-state index contributed by atoms with van der Waals surface area (Å²) in [5.74, 6) is -1.34. The maximum atomic E-state index is 12.4. The molecule has 6 heteroatoms. The molecular weight excluding hydrogens is 284 g/mol. The molecular formula is C16H16N2O4. The molecule has 2 aromatic rings. The zero-order valence-electron chi connectivity index (χ0n) is 11.9. The molecule has 22 heavy (non-hydrogen) atoms. The number of pyridine rings is 1. The van der Waals surface area contributed by atoms with E-state index >= 15 is 0 Å². The molecule has 0 spiro atoms. The Kier molecular flexibility index (Phi) is 3.77. The zero-order valence-corrected chi connectivity index (χ0v) is 11.9. The molecule has 1 amide bonds. The first-order chi connectivity index (χ1) is 10.6. The highest BCUT2D eigenvalue weighted by Crippen LogP contribution is 2.23. The lowest BCUT2D eigenvalue weighted by Gasteiger charge is -2.26. The highest BCUT2D eigenvalue weighted by atomic mass is 16.5. The molecule has 0 bridgehead atoms. The number of carbonyl (C=O) groups excluding carboxylic acids is 1. The lowest BCUT2D eigenvalue weighted by atomic mass is 9.94. The molecule has 3 rings (SSSR count). The van der Waals surface area contributed by atoms with Gasteiger partial charge >= 0.3 is 5.97 Å². The van der Waals surface area contributed by atoms with Crippen molar-refractivity contribution in [2.75, 3.05) is 13.2 Å². The molecule has 1 saturated heterocycles. The summed E-state index contributed by atoms with van der Waals surface area (Å²) in [7, 11) is 0. The van der Waals surface area contributed by atoms with Crippen molar-refractivity contribution < 1.29 is 19.4 Å². The fraction of sp³-hybridized carbons (Fsp3) is 0.312. The Morgan fingerprint density at radius 1 is 1.27 bits per heavy atom. The minimum atomic E-state index is -0.961. The number of ether oxygens (including phenoxy) is 1. The lowest BCUT2D eigenvalue weighted by Crippen LogP contribution is -2.50. The Morgan fingerprint density at radius 3 is 2.82 bits per heavy atom. The lowest BCUT2D eigenvalue weighted by molar-refractivity contribution is -0.138. The summed E-state index contributed by atoms with van der Waals surface area (Å²) in [4.78, 5) is 27.8. The smallest absolute Gasteiger partial charge is 0.305 e. The van der Waals surface area contributed by atoms with Gasteiger partial charge in [-0.25, -0.2) is 4.98 Å². The fourth-order valence-corrected chi connectivity index (χ4v) is 2.68. The van der Waals surface area contributed by atoms with Crippen LogP contribution in [0.25, 0.3) is 10.9 Å². The third kappa shape index (κ3) is 2.92. The Bertz CT molecular complexity index is 723. The summed E-state index contributed by atoms with van der Waals surface area (Å²) in [5.41, 5.74) is 0.149. The molecule has 1 atom stereocenters. The Balaban J connectivity index is 1.83. The Hall–Kier alpha value is -2.47. The average molecular weight is 300 g/mol. The van der Waals surface area contributed by atoms with Crippen LogP contribution in [0, 0.1) is 0 Å². The van der Waals surface area contributed by atoms with Gasteiger partial charge in [0, 0.05) is 12.0 Å². The molecule has 6 nitrogen and oxygen atoms in total. The van der Waals surface area contributed by atoms with Gasteiger partial charge in [-0.1, -0.05) is 24.3 Å². The number of amides is 1. The van der Waals surface area contributed by atoms with Crippen molar-refractivity contribution >= 4 is 22.8 Å². The van der Waals surface area contributed by atoms with E-state index in [0.29, 0.717) is 13.0 Å². The summed E-state index contributed by atoms with van der Waals surface area (Å²) < 4.78 is 5.27. The van der Waals surface area contributed by atoms with Crippen LogP contribution in [0.5, 0.6) is 0 Å². The van der Waals surface area contributed by atoms with Crippen molar-refractivity contribution in [2.45, 2.75) is 18.4 Å². The number of nitrogens with one attached hydrogen (secondary N) is 1. The van der Waals surface area contributed by atoms with Crippen molar-refractivity contribution in [1.29, 1.82) is 0 Å². The number of carboxylic acid groups (broad SMARTS) is 1. The van der Waals surface area contributed by atoms with Gasteiger partial charge in [-0.05, 0) is 18.6 Å². The number of hydrogen-bond acceptors (Lipinski definition) is 4. The van der Waals surface area contributed by atoms with Gasteiger partial charge in [0.05, 0.1) is 24.1 Å². The summed E-state index contributed by atoms with van der Waals surface area (Å²) >= 11 is 0. The van der Waals surface area contributed by atoms with Gasteiger partial charge in [0.25, 0.3) is 5.91 Å². The molecule has 1 unspecified atom stereocenters. The van der Waals surface area contributed by atoms with Crippen LogP contribution in [-0.4, -0.2) is 40.7 Å². The quantitative estimate of drug-likeness (QED) is 0.895. The molecule has 0 radical (unpaired) electrons. The van der Waals surface area contributed by atoms with Crippen molar-refractivity contribution in [2.24, 2.45) is 0 Å². The van der Waals surface area contributed by atoms with Gasteiger partial charge in [0.15, 0.2) is 0 Å². The van der Waals surface area contributed by atoms with E-state index < -0.39 is 11.5 Å². The van der Waals surface area contributed by atoms with Gasteiger partial charge in [-0.2, -0.15) is 0 Å². The molecule has 114 valence electrons. The largest absolute Gasteiger partial charge is 0.481 e. The number of carbonyl (C=O) groups is 2. The predicted molar refractivity (Wildman–Crippen MR) is 79.6 cm³/mol. The molecule has 2 N–H and O–H groups in total. The van der Waals surface area contributed by atoms with Gasteiger partial charge < -0.3 is 15.2 Å². The number of benzene rings is 1. The second-order valence-corrected chi connectivity index (χ2v) is 5.50. The number of aliphatic carboxylic acids is 1. The summed E-state index contributed by atoms with van der Waals surface area (Å²) in [5, 5.41) is 12.8. The average Bonchev–Trinajstić information content (AvgIpc) is 2.94. The number of para-hydroxylation sites is 1. The van der Waals surface area contributed by atoms with E-state index in [4.69, 9.17) is 9.84 Å². The third-order valence-electron chi connectivity index (χ3n) is 3.80. The number of carboxylic acids is 1. The van der Waals surface area contributed by atoms with Crippen LogP contribution in [0.3, 0.4) is 0 Å². The molecule has 2 heterocycles. The van der Waals surface area contributed by atoms with Crippen molar-refractivity contribution in [1.82, 2.24) is 10.3 Å². The molecule has 1 aromatic heterocycles. The van der Waals surface area contributed by atoms with Crippen LogP contribution in [0.15, 0.2) is 36.4 Å². The predicted octanol–water partition coefficient (Wildman–Crippen LogP) is 1.60. The standard InChI is InChI=1S/C16H16N2O4/c19-14(20)9-16(7-8-22-10-16)18-15(21)13-6-5-11-3-1-2-4-12(11)17-13/h1-6H,7-10H2,(H,18,21)(H,19,20). The van der Waals surface area contributed by atoms with E-state index in [1.54, 1.807) is 6.07 Å². The summed E-state index contributed by atoms with van der Waals surface area (Å²) in [6.45, 7) is 0.650. The first-order valence-corrected chi connectivity index (χ1v) is 7.06. The maximum absolute atomic E-state index is 12.4. The van der Waals surface area contributed by atoms with E-state index in [1.165, 1.54) is 0 Å². The van der Waals surface area contributed by atoms with Crippen molar-refractivity contribution in [3.63, 3.8) is 0 Å². The highest BCUT2D eigenvalue weighted by Gasteiger charge is 2.39. The second-order valence-electron chi connectivity index (χ2n) is 5.50. The molecule has 1 aliphatic rings. The second kappa shape index (κ2) is 5.73. The van der Waals surface area contributed by atoms with Gasteiger partial charge in [-0.3, -0.25) is 9.59 Å². The number of rotatable bonds is 4. The van der Waals surface area contributed by atoms with E-state index in [9.17, 15) is 9.59 Å². The third-order valence-corrected chi connectivity index (χ3v) is 3.80. The van der Waals surface area contributed by atoms with Crippen molar-refractivity contribution in [3.05, 3.63) is 42.1 Å². The fourth-order valence-electron chi connectivity index (χ4n) is 2.68. The van der Waals surface area contributed by atoms with E-state index in [2.05, 4.69) is 10.3 Å². The SMILES string of the molecule is O=C(O)CC1(NC(=O)c2ccc3ccccc3n2)CCOC1. The Labute approximate surface area is 127 Å².